The van der Waals surface area contributed by atoms with Crippen LogP contribution in [0, 0.1) is 6.92 Å². The summed E-state index contributed by atoms with van der Waals surface area (Å²) in [5, 5.41) is 18.2. The van der Waals surface area contributed by atoms with E-state index in [0.29, 0.717) is 0 Å². The predicted molar refractivity (Wildman–Crippen MR) is 45.9 cm³/mol. The van der Waals surface area contributed by atoms with Gasteiger partial charge in [-0.1, -0.05) is 0 Å². The number of rotatable bonds is 2. The first kappa shape index (κ1) is 23.1. The third kappa shape index (κ3) is 76.7. The number of hydrogen-bond acceptors (Lipinski definition) is 3. The summed E-state index contributed by atoms with van der Waals surface area (Å²) in [5.74, 6) is -2.62. The largest absolute Gasteiger partial charge is 1.00 e. The molecule has 5 nitrogen and oxygen atoms in total. The van der Waals surface area contributed by atoms with Crippen molar-refractivity contribution in [1.29, 1.82) is 0 Å². The van der Waals surface area contributed by atoms with Crippen LogP contribution in [0.5, 0.6) is 0 Å². The van der Waals surface area contributed by atoms with Gasteiger partial charge in [0.1, 0.15) is 6.42 Å². The summed E-state index contributed by atoms with van der Waals surface area (Å²) in [5.41, 5.74) is 0. The van der Waals surface area contributed by atoms with Crippen LogP contribution in [0.1, 0.15) is 13.3 Å². The number of carbonyl (C=O) groups is 2. The third-order valence-corrected chi connectivity index (χ3v) is 0.302. The maximum Gasteiger partial charge on any atom is 1.00 e. The second-order valence-corrected chi connectivity index (χ2v) is 1.46. The minimum Gasteiger partial charge on any atom is -0.481 e. The van der Waals surface area contributed by atoms with Gasteiger partial charge in [0.05, 0.1) is 0 Å². The molecule has 0 radical (unpaired) electrons. The standard InChI is InChI=1S/C3H4O4.C2H7N.C2H5.Na/c4-2(5)1-3(6)7;1-3-2;1-2;/h1H2,(H,4,5)(H,6,7);3H,1-2H3;1H2,2H3;/q;;-1;+1. The first-order valence-electron chi connectivity index (χ1n) is 3.27. The second kappa shape index (κ2) is 22.7. The molecule has 0 aromatic carbocycles. The molecule has 0 heterocycles. The van der Waals surface area contributed by atoms with Crippen molar-refractivity contribution in [1.82, 2.24) is 5.32 Å². The van der Waals surface area contributed by atoms with Crippen molar-refractivity contribution >= 4 is 11.9 Å². The molecule has 74 valence electrons. The molecule has 0 atom stereocenters. The van der Waals surface area contributed by atoms with Crippen LogP contribution in [-0.2, 0) is 9.59 Å². The Bertz CT molecular complexity index is 107. The van der Waals surface area contributed by atoms with Gasteiger partial charge in [0.15, 0.2) is 0 Å². The maximum atomic E-state index is 9.43. The molecule has 0 rings (SSSR count). The van der Waals surface area contributed by atoms with E-state index >= 15 is 0 Å². The van der Waals surface area contributed by atoms with Crippen LogP contribution in [-0.4, -0.2) is 36.2 Å². The Kier molecular flexibility index (Phi) is 40.2. The van der Waals surface area contributed by atoms with E-state index in [4.69, 9.17) is 10.2 Å². The summed E-state index contributed by atoms with van der Waals surface area (Å²) in [7, 11) is 3.75. The number of hydrogen-bond donors (Lipinski definition) is 3. The summed E-state index contributed by atoms with van der Waals surface area (Å²) in [4.78, 5) is 18.9. The Hall–Kier alpha value is -0.100. The predicted octanol–water partition coefficient (Wildman–Crippen LogP) is -2.77. The summed E-state index contributed by atoms with van der Waals surface area (Å²) >= 11 is 0. The number of nitrogens with one attached hydrogen (secondary N) is 1. The van der Waals surface area contributed by atoms with Gasteiger partial charge < -0.3 is 22.5 Å². The molecule has 0 bridgehead atoms. The molecule has 0 aromatic rings. The zero-order valence-electron chi connectivity index (χ0n) is 8.63. The molecular formula is C7H16NNaO4. The van der Waals surface area contributed by atoms with Crippen LogP contribution in [0.15, 0.2) is 0 Å². The fourth-order valence-electron chi connectivity index (χ4n) is 0.129. The SMILES string of the molecule is CNC.O=C(O)CC(=O)O.[CH2-]C.[Na+]. The van der Waals surface area contributed by atoms with Gasteiger partial charge in [0, 0.05) is 0 Å². The average molecular weight is 201 g/mol. The zero-order valence-corrected chi connectivity index (χ0v) is 10.6. The van der Waals surface area contributed by atoms with Crippen LogP contribution in [0.3, 0.4) is 0 Å². The molecule has 13 heavy (non-hydrogen) atoms. The minimum absolute atomic E-state index is 0. The Morgan fingerprint density at radius 3 is 1.31 bits per heavy atom. The van der Waals surface area contributed by atoms with E-state index in [1.165, 1.54) is 0 Å². The Labute approximate surface area is 101 Å². The smallest absolute Gasteiger partial charge is 0.481 e. The summed E-state index contributed by atoms with van der Waals surface area (Å²) in [6, 6.07) is 0. The molecule has 0 aliphatic rings. The molecular weight excluding hydrogens is 185 g/mol. The zero-order chi connectivity index (χ0) is 10.6. The normalized spacial score (nSPS) is 6.15. The van der Waals surface area contributed by atoms with Gasteiger partial charge >= 0.3 is 41.5 Å². The third-order valence-electron chi connectivity index (χ3n) is 0.302. The van der Waals surface area contributed by atoms with Crippen molar-refractivity contribution in [2.24, 2.45) is 0 Å². The van der Waals surface area contributed by atoms with Crippen molar-refractivity contribution < 1.29 is 49.4 Å². The van der Waals surface area contributed by atoms with Crippen LogP contribution >= 0.6 is 0 Å². The van der Waals surface area contributed by atoms with Gasteiger partial charge in [0.2, 0.25) is 0 Å². The number of carboxylic acids is 2. The molecule has 0 amide bonds. The Morgan fingerprint density at radius 2 is 1.31 bits per heavy atom. The van der Waals surface area contributed by atoms with Gasteiger partial charge in [-0.05, 0) is 14.1 Å². The Morgan fingerprint density at radius 1 is 1.15 bits per heavy atom. The average Bonchev–Trinajstić information content (AvgIpc) is 1.90. The van der Waals surface area contributed by atoms with Crippen LogP contribution in [0.2, 0.25) is 0 Å². The monoisotopic (exact) mass is 201 g/mol. The molecule has 6 heteroatoms. The Balaban J connectivity index is -0.0000000581. The van der Waals surface area contributed by atoms with Gasteiger partial charge in [-0.25, -0.2) is 0 Å². The van der Waals surface area contributed by atoms with Gasteiger partial charge in [-0.15, -0.1) is 0 Å². The molecule has 0 aliphatic carbocycles. The first-order valence-corrected chi connectivity index (χ1v) is 3.27. The summed E-state index contributed by atoms with van der Waals surface area (Å²) in [6.45, 7) is 5.00. The van der Waals surface area contributed by atoms with Gasteiger partial charge in [0.25, 0.3) is 0 Å². The number of carboxylic acid groups (broad SMARTS) is 2. The van der Waals surface area contributed by atoms with E-state index in [1.54, 1.807) is 6.92 Å². The van der Waals surface area contributed by atoms with E-state index in [1.807, 2.05) is 14.1 Å². The van der Waals surface area contributed by atoms with Crippen LogP contribution in [0.25, 0.3) is 0 Å². The molecule has 3 N–H and O–H groups in total. The van der Waals surface area contributed by atoms with E-state index in [2.05, 4.69) is 12.2 Å². The maximum absolute atomic E-state index is 9.43. The molecule has 0 saturated heterocycles. The molecule has 0 aliphatic heterocycles. The topological polar surface area (TPSA) is 86.6 Å². The fourth-order valence-corrected chi connectivity index (χ4v) is 0.129. The van der Waals surface area contributed by atoms with Crippen LogP contribution < -0.4 is 34.9 Å². The molecule has 0 saturated carbocycles. The quantitative estimate of drug-likeness (QED) is 0.256. The van der Waals surface area contributed by atoms with E-state index in [-0.39, 0.29) is 29.6 Å². The van der Waals surface area contributed by atoms with Crippen molar-refractivity contribution in [3.8, 4) is 0 Å². The molecule has 0 spiro atoms. The first-order chi connectivity index (χ1) is 5.54. The minimum atomic E-state index is -1.31. The summed E-state index contributed by atoms with van der Waals surface area (Å²) < 4.78 is 0. The molecule has 0 unspecified atom stereocenters. The van der Waals surface area contributed by atoms with Crippen LogP contribution in [0.4, 0.5) is 0 Å². The van der Waals surface area contributed by atoms with Gasteiger partial charge in [-0.2, -0.15) is 6.92 Å². The number of aliphatic carboxylic acids is 2. The fraction of sp³-hybridized carbons (Fsp3) is 0.571. The van der Waals surface area contributed by atoms with E-state index < -0.39 is 18.4 Å². The van der Waals surface area contributed by atoms with Crippen molar-refractivity contribution in [3.05, 3.63) is 6.92 Å². The van der Waals surface area contributed by atoms with Crippen molar-refractivity contribution in [2.75, 3.05) is 14.1 Å². The van der Waals surface area contributed by atoms with E-state index in [0.717, 1.165) is 0 Å². The summed E-state index contributed by atoms with van der Waals surface area (Å²) in [6.07, 6.45) is -0.806. The molecule has 0 aromatic heterocycles. The van der Waals surface area contributed by atoms with Crippen molar-refractivity contribution in [3.63, 3.8) is 0 Å². The molecule has 0 fully saturated rings. The van der Waals surface area contributed by atoms with Crippen molar-refractivity contribution in [2.45, 2.75) is 13.3 Å². The van der Waals surface area contributed by atoms with E-state index in [9.17, 15) is 9.59 Å². The van der Waals surface area contributed by atoms with Gasteiger partial charge in [-0.3, -0.25) is 9.59 Å². The second-order valence-electron chi connectivity index (χ2n) is 1.46.